The van der Waals surface area contributed by atoms with Crippen molar-refractivity contribution in [3.63, 3.8) is 0 Å². The number of aromatic amines is 1. The van der Waals surface area contributed by atoms with Crippen LogP contribution in [0.5, 0.6) is 11.5 Å². The monoisotopic (exact) mass is 687 g/mol. The van der Waals surface area contributed by atoms with Crippen LogP contribution in [-0.4, -0.2) is 42.7 Å². The summed E-state index contributed by atoms with van der Waals surface area (Å²) in [5.41, 5.74) is 8.49. The SMILES string of the molecule is COc1ccc(/C(N=Nc2ccccc2C)=N\NC(=O)c2ccc(N3C(=O)/C(=C\c4c[nH]c5ccccc45)N=C3c3ccccc3)cc2)cc1OC. The molecule has 52 heavy (non-hydrogen) atoms. The zero-order valence-corrected chi connectivity index (χ0v) is 28.6. The number of carbonyl (C=O) groups is 2. The van der Waals surface area contributed by atoms with Crippen LogP contribution in [0.2, 0.25) is 0 Å². The van der Waals surface area contributed by atoms with Crippen LogP contribution >= 0.6 is 0 Å². The molecule has 1 aliphatic rings. The highest BCUT2D eigenvalue weighted by atomic mass is 16.5. The van der Waals surface area contributed by atoms with Crippen LogP contribution in [0.15, 0.2) is 154 Å². The molecular weight excluding hydrogens is 654 g/mol. The first-order valence-electron chi connectivity index (χ1n) is 16.4. The van der Waals surface area contributed by atoms with E-state index in [1.165, 1.54) is 7.11 Å². The van der Waals surface area contributed by atoms with E-state index in [4.69, 9.17) is 14.5 Å². The van der Waals surface area contributed by atoms with E-state index in [1.807, 2.05) is 92.0 Å². The van der Waals surface area contributed by atoms with Crippen molar-refractivity contribution in [2.45, 2.75) is 6.92 Å². The fourth-order valence-electron chi connectivity index (χ4n) is 5.72. The van der Waals surface area contributed by atoms with E-state index >= 15 is 0 Å². The Morgan fingerprint density at radius 1 is 0.827 bits per heavy atom. The molecule has 2 amide bonds. The number of hydrogen-bond donors (Lipinski definition) is 2. The molecule has 0 spiro atoms. The maximum absolute atomic E-state index is 14.0. The van der Waals surface area contributed by atoms with Gasteiger partial charge in [0.15, 0.2) is 11.5 Å². The molecule has 0 saturated heterocycles. The molecule has 256 valence electrons. The molecule has 7 rings (SSSR count). The van der Waals surface area contributed by atoms with Gasteiger partial charge < -0.3 is 14.5 Å². The first kappa shape index (κ1) is 33.4. The summed E-state index contributed by atoms with van der Waals surface area (Å²) >= 11 is 0. The van der Waals surface area contributed by atoms with Gasteiger partial charge >= 0.3 is 0 Å². The number of H-pyrrole nitrogens is 1. The molecular formula is C41H33N7O4. The molecule has 0 unspecified atom stereocenters. The quantitative estimate of drug-likeness (QED) is 0.0521. The highest BCUT2D eigenvalue weighted by Gasteiger charge is 2.32. The van der Waals surface area contributed by atoms with Gasteiger partial charge in [0.2, 0.25) is 5.84 Å². The number of rotatable bonds is 9. The molecule has 0 aliphatic carbocycles. The number of amidine groups is 2. The summed E-state index contributed by atoms with van der Waals surface area (Å²) in [4.78, 5) is 36.9. The van der Waals surface area contributed by atoms with Crippen molar-refractivity contribution < 1.29 is 19.1 Å². The predicted octanol–water partition coefficient (Wildman–Crippen LogP) is 8.20. The lowest BCUT2D eigenvalue weighted by molar-refractivity contribution is -0.113. The number of aryl methyl sites for hydroxylation is 1. The van der Waals surface area contributed by atoms with E-state index in [0.29, 0.717) is 45.5 Å². The van der Waals surface area contributed by atoms with Crippen molar-refractivity contribution in [1.29, 1.82) is 0 Å². The van der Waals surface area contributed by atoms with Crippen LogP contribution in [0.3, 0.4) is 0 Å². The van der Waals surface area contributed by atoms with E-state index in [9.17, 15) is 9.59 Å². The molecule has 2 heterocycles. The molecule has 5 aromatic carbocycles. The highest BCUT2D eigenvalue weighted by Crippen LogP contribution is 2.31. The number of hydrogen-bond acceptors (Lipinski definition) is 7. The molecule has 0 bridgehead atoms. The van der Waals surface area contributed by atoms with Gasteiger partial charge in [-0.05, 0) is 73.2 Å². The van der Waals surface area contributed by atoms with Gasteiger partial charge in [0, 0.05) is 39.4 Å². The predicted molar refractivity (Wildman–Crippen MR) is 202 cm³/mol. The van der Waals surface area contributed by atoms with E-state index in [-0.39, 0.29) is 11.7 Å². The molecule has 1 aliphatic heterocycles. The van der Waals surface area contributed by atoms with Crippen molar-refractivity contribution in [2.24, 2.45) is 20.3 Å². The van der Waals surface area contributed by atoms with Gasteiger partial charge in [0.05, 0.1) is 25.6 Å². The summed E-state index contributed by atoms with van der Waals surface area (Å²) in [5.74, 6) is 0.856. The molecule has 0 saturated carbocycles. The number of aromatic nitrogens is 1. The number of para-hydroxylation sites is 1. The van der Waals surface area contributed by atoms with E-state index < -0.39 is 5.91 Å². The Morgan fingerprint density at radius 3 is 2.31 bits per heavy atom. The maximum Gasteiger partial charge on any atom is 0.282 e. The number of nitrogens with zero attached hydrogens (tertiary/aromatic N) is 5. The molecule has 11 heteroatoms. The Labute approximate surface area is 299 Å². The number of fused-ring (bicyclic) bond motifs is 1. The van der Waals surface area contributed by atoms with Crippen LogP contribution in [-0.2, 0) is 4.79 Å². The van der Waals surface area contributed by atoms with Gasteiger partial charge in [-0.3, -0.25) is 14.5 Å². The molecule has 0 radical (unpaired) electrons. The van der Waals surface area contributed by atoms with Crippen molar-refractivity contribution in [2.75, 3.05) is 19.1 Å². The first-order chi connectivity index (χ1) is 25.4. The van der Waals surface area contributed by atoms with E-state index in [0.717, 1.165) is 27.6 Å². The highest BCUT2D eigenvalue weighted by molar-refractivity contribution is 6.33. The summed E-state index contributed by atoms with van der Waals surface area (Å²) in [6.45, 7) is 1.93. The Balaban J connectivity index is 1.17. The van der Waals surface area contributed by atoms with Crippen molar-refractivity contribution >= 4 is 51.8 Å². The molecule has 1 aromatic heterocycles. The molecule has 2 N–H and O–H groups in total. The van der Waals surface area contributed by atoms with Crippen LogP contribution < -0.4 is 19.8 Å². The minimum Gasteiger partial charge on any atom is -0.493 e. The summed E-state index contributed by atoms with van der Waals surface area (Å²) in [5, 5.41) is 14.1. The van der Waals surface area contributed by atoms with Gasteiger partial charge in [0.25, 0.3) is 11.8 Å². The Morgan fingerprint density at radius 2 is 1.54 bits per heavy atom. The lowest BCUT2D eigenvalue weighted by atomic mass is 10.1. The number of anilines is 1. The average molecular weight is 688 g/mol. The summed E-state index contributed by atoms with van der Waals surface area (Å²) in [7, 11) is 3.08. The van der Waals surface area contributed by atoms with Gasteiger partial charge in [-0.25, -0.2) is 10.4 Å². The number of benzene rings is 5. The number of methoxy groups -OCH3 is 2. The van der Waals surface area contributed by atoms with Crippen LogP contribution in [0.1, 0.15) is 32.6 Å². The number of hydrazone groups is 1. The lowest BCUT2D eigenvalue weighted by Gasteiger charge is -2.18. The van der Waals surface area contributed by atoms with Gasteiger partial charge in [-0.1, -0.05) is 66.7 Å². The zero-order valence-electron chi connectivity index (χ0n) is 28.6. The Kier molecular flexibility index (Phi) is 9.48. The summed E-state index contributed by atoms with van der Waals surface area (Å²) in [6, 6.07) is 36.8. The van der Waals surface area contributed by atoms with E-state index in [2.05, 4.69) is 25.7 Å². The number of amides is 2. The van der Waals surface area contributed by atoms with Crippen molar-refractivity contribution in [3.8, 4) is 11.5 Å². The van der Waals surface area contributed by atoms with Crippen LogP contribution in [0.25, 0.3) is 17.0 Å². The second-order valence-electron chi connectivity index (χ2n) is 11.7. The van der Waals surface area contributed by atoms with Gasteiger partial charge in [-0.2, -0.15) is 0 Å². The minimum atomic E-state index is -0.486. The van der Waals surface area contributed by atoms with E-state index in [1.54, 1.807) is 60.6 Å². The standard InChI is InChI=1S/C41H33N7O4/c1-26-11-7-9-15-33(26)44-45-38(29-19-22-36(51-2)37(24-29)52-3)46-47-40(49)28-17-20-31(21-18-28)48-39(27-12-5-4-6-13-27)43-35(41(48)50)23-30-25-42-34-16-10-8-14-32(30)34/h4-25,42H,1-3H3,(H,47,49)/b35-23+,45-44?,46-38+. The Hall–Kier alpha value is -7.14. The number of azo groups is 1. The average Bonchev–Trinajstić information content (AvgIpc) is 3.75. The topological polar surface area (TPSA) is 133 Å². The maximum atomic E-state index is 14.0. The zero-order chi connectivity index (χ0) is 36.0. The normalized spacial score (nSPS) is 13.9. The minimum absolute atomic E-state index is 0.148. The number of aliphatic imine (C=N–C) groups is 1. The lowest BCUT2D eigenvalue weighted by Crippen LogP contribution is -2.32. The third kappa shape index (κ3) is 6.83. The van der Waals surface area contributed by atoms with Crippen molar-refractivity contribution in [3.05, 3.63) is 161 Å². The largest absolute Gasteiger partial charge is 0.493 e. The van der Waals surface area contributed by atoms with Gasteiger partial charge in [-0.15, -0.1) is 15.3 Å². The third-order valence-corrected chi connectivity index (χ3v) is 8.47. The molecule has 11 nitrogen and oxygen atoms in total. The second-order valence-corrected chi connectivity index (χ2v) is 11.7. The fourth-order valence-corrected chi connectivity index (χ4v) is 5.72. The fraction of sp³-hybridized carbons (Fsp3) is 0.0732. The summed E-state index contributed by atoms with van der Waals surface area (Å²) in [6.07, 6.45) is 3.65. The summed E-state index contributed by atoms with van der Waals surface area (Å²) < 4.78 is 10.8. The number of ether oxygens (including phenoxy) is 2. The van der Waals surface area contributed by atoms with Crippen LogP contribution in [0, 0.1) is 6.92 Å². The van der Waals surface area contributed by atoms with Crippen molar-refractivity contribution in [1.82, 2.24) is 10.4 Å². The molecule has 0 atom stereocenters. The first-order valence-corrected chi connectivity index (χ1v) is 16.4. The smallest absolute Gasteiger partial charge is 0.282 e. The third-order valence-electron chi connectivity index (χ3n) is 8.47. The second kappa shape index (κ2) is 14.8. The number of carbonyl (C=O) groups excluding carboxylic acids is 2. The van der Waals surface area contributed by atoms with Crippen LogP contribution in [0.4, 0.5) is 11.4 Å². The Bertz CT molecular complexity index is 2410. The molecule has 6 aromatic rings. The number of nitrogens with one attached hydrogen (secondary N) is 2. The molecule has 0 fully saturated rings. The van der Waals surface area contributed by atoms with Gasteiger partial charge in [0.1, 0.15) is 11.5 Å².